The zero-order chi connectivity index (χ0) is 20.1. The Morgan fingerprint density at radius 3 is 1.96 bits per heavy atom. The molecule has 0 N–H and O–H groups in total. The molecule has 0 unspecified atom stereocenters. The third kappa shape index (κ3) is 4.75. The van der Waals surface area contributed by atoms with Gasteiger partial charge in [-0.3, -0.25) is 9.59 Å². The van der Waals surface area contributed by atoms with E-state index in [4.69, 9.17) is 0 Å². The van der Waals surface area contributed by atoms with Gasteiger partial charge >= 0.3 is 0 Å². The summed E-state index contributed by atoms with van der Waals surface area (Å²) < 4.78 is 0. The number of nitrogens with zero attached hydrogens (tertiary/aromatic N) is 3. The summed E-state index contributed by atoms with van der Waals surface area (Å²) in [7, 11) is 0. The molecule has 1 aromatic carbocycles. The monoisotopic (exact) mass is 385 g/mol. The first-order chi connectivity index (χ1) is 13.4. The van der Waals surface area contributed by atoms with Gasteiger partial charge in [-0.05, 0) is 51.1 Å². The molecule has 2 amide bonds. The van der Waals surface area contributed by atoms with Gasteiger partial charge in [0.1, 0.15) is 5.41 Å². The van der Waals surface area contributed by atoms with Crippen molar-refractivity contribution in [2.45, 2.75) is 40.0 Å². The third-order valence-corrected chi connectivity index (χ3v) is 6.44. The van der Waals surface area contributed by atoms with Crippen molar-refractivity contribution in [3.8, 4) is 0 Å². The van der Waals surface area contributed by atoms with E-state index in [-0.39, 0.29) is 11.8 Å². The molecule has 0 bridgehead atoms. The summed E-state index contributed by atoms with van der Waals surface area (Å²) >= 11 is 0. The predicted octanol–water partition coefficient (Wildman–Crippen LogP) is 2.66. The Labute approximate surface area is 169 Å². The van der Waals surface area contributed by atoms with Gasteiger partial charge in [0.25, 0.3) is 0 Å². The number of hydrogen-bond acceptors (Lipinski definition) is 3. The molecule has 0 saturated carbocycles. The van der Waals surface area contributed by atoms with Gasteiger partial charge in [0.15, 0.2) is 0 Å². The summed E-state index contributed by atoms with van der Waals surface area (Å²) in [6.07, 6.45) is 3.10. The smallest absolute Gasteiger partial charge is 0.237 e. The van der Waals surface area contributed by atoms with Crippen molar-refractivity contribution in [3.63, 3.8) is 0 Å². The number of carbonyl (C=O) groups excluding carboxylic acids is 2. The fourth-order valence-corrected chi connectivity index (χ4v) is 4.44. The molecule has 154 valence electrons. The van der Waals surface area contributed by atoms with Crippen molar-refractivity contribution in [1.29, 1.82) is 0 Å². The Hall–Kier alpha value is -1.88. The first kappa shape index (κ1) is 20.8. The molecule has 0 aromatic heterocycles. The molecular weight excluding hydrogens is 350 g/mol. The van der Waals surface area contributed by atoms with Crippen LogP contribution in [0, 0.1) is 11.3 Å². The number of piperazine rings is 1. The second kappa shape index (κ2) is 9.08. The van der Waals surface area contributed by atoms with Crippen LogP contribution in [0.2, 0.25) is 0 Å². The lowest BCUT2D eigenvalue weighted by molar-refractivity contribution is -0.156. The van der Waals surface area contributed by atoms with Gasteiger partial charge in [-0.25, -0.2) is 0 Å². The quantitative estimate of drug-likeness (QED) is 0.732. The van der Waals surface area contributed by atoms with Crippen LogP contribution in [-0.4, -0.2) is 72.3 Å². The summed E-state index contributed by atoms with van der Waals surface area (Å²) in [5.41, 5.74) is 0.398. The molecule has 2 heterocycles. The van der Waals surface area contributed by atoms with E-state index in [2.05, 4.69) is 36.1 Å². The van der Waals surface area contributed by atoms with Crippen molar-refractivity contribution in [2.75, 3.05) is 45.8 Å². The molecule has 0 atom stereocenters. The Balaban J connectivity index is 1.52. The van der Waals surface area contributed by atoms with Crippen molar-refractivity contribution >= 4 is 11.8 Å². The van der Waals surface area contributed by atoms with E-state index < -0.39 is 5.41 Å². The molecule has 0 radical (unpaired) electrons. The van der Waals surface area contributed by atoms with E-state index in [0.717, 1.165) is 65.1 Å². The predicted molar refractivity (Wildman–Crippen MR) is 112 cm³/mol. The Morgan fingerprint density at radius 2 is 1.43 bits per heavy atom. The average Bonchev–Trinajstić information content (AvgIpc) is 2.74. The maximum Gasteiger partial charge on any atom is 0.237 e. The molecule has 0 spiro atoms. The maximum absolute atomic E-state index is 13.2. The van der Waals surface area contributed by atoms with E-state index in [0.29, 0.717) is 5.92 Å². The van der Waals surface area contributed by atoms with Crippen LogP contribution in [0.1, 0.15) is 39.2 Å². The van der Waals surface area contributed by atoms with Gasteiger partial charge in [-0.15, -0.1) is 0 Å². The number of amides is 2. The molecule has 3 rings (SSSR count). The fourth-order valence-electron chi connectivity index (χ4n) is 4.44. The van der Waals surface area contributed by atoms with Gasteiger partial charge in [-0.2, -0.15) is 0 Å². The highest BCUT2D eigenvalue weighted by Gasteiger charge is 2.43. The summed E-state index contributed by atoms with van der Waals surface area (Å²) in [5, 5.41) is 0. The summed E-state index contributed by atoms with van der Waals surface area (Å²) in [4.78, 5) is 32.4. The highest BCUT2D eigenvalue weighted by Crippen LogP contribution is 2.28. The largest absolute Gasteiger partial charge is 0.342 e. The molecule has 5 heteroatoms. The maximum atomic E-state index is 13.2. The lowest BCUT2D eigenvalue weighted by atomic mass is 9.86. The summed E-state index contributed by atoms with van der Waals surface area (Å²) in [6, 6.07) is 10.6. The van der Waals surface area contributed by atoms with E-state index in [9.17, 15) is 9.59 Å². The molecule has 28 heavy (non-hydrogen) atoms. The molecule has 2 aliphatic heterocycles. The minimum atomic E-state index is -0.972. The molecule has 2 saturated heterocycles. The number of carbonyl (C=O) groups is 2. The minimum absolute atomic E-state index is 0.00594. The molecule has 1 aromatic rings. The summed E-state index contributed by atoms with van der Waals surface area (Å²) in [5.74, 6) is 0.598. The van der Waals surface area contributed by atoms with Crippen molar-refractivity contribution in [2.24, 2.45) is 11.3 Å². The number of likely N-dealkylation sites (N-methyl/N-ethyl adjacent to an activating group) is 1. The van der Waals surface area contributed by atoms with Crippen molar-refractivity contribution < 1.29 is 9.59 Å². The van der Waals surface area contributed by atoms with Gasteiger partial charge in [0.2, 0.25) is 11.8 Å². The number of benzene rings is 1. The number of hydrogen-bond donors (Lipinski definition) is 0. The van der Waals surface area contributed by atoms with Crippen molar-refractivity contribution in [1.82, 2.24) is 14.7 Å². The van der Waals surface area contributed by atoms with E-state index in [1.54, 1.807) is 13.8 Å². The summed E-state index contributed by atoms with van der Waals surface area (Å²) in [6.45, 7) is 11.5. The molecule has 0 aliphatic carbocycles. The first-order valence-electron chi connectivity index (χ1n) is 10.8. The van der Waals surface area contributed by atoms with E-state index >= 15 is 0 Å². The van der Waals surface area contributed by atoms with Crippen LogP contribution in [0.4, 0.5) is 0 Å². The zero-order valence-corrected chi connectivity index (χ0v) is 17.7. The van der Waals surface area contributed by atoms with Gasteiger partial charge in [0.05, 0.1) is 0 Å². The Bertz CT molecular complexity index is 658. The van der Waals surface area contributed by atoms with E-state index in [1.165, 1.54) is 5.56 Å². The lowest BCUT2D eigenvalue weighted by Crippen LogP contribution is -2.56. The minimum Gasteiger partial charge on any atom is -0.342 e. The molecule has 5 nitrogen and oxygen atoms in total. The highest BCUT2D eigenvalue weighted by molar-refractivity contribution is 6.04. The van der Waals surface area contributed by atoms with Crippen LogP contribution < -0.4 is 0 Å². The number of rotatable bonds is 5. The van der Waals surface area contributed by atoms with Gasteiger partial charge in [0, 0.05) is 39.3 Å². The van der Waals surface area contributed by atoms with Crippen LogP contribution in [-0.2, 0) is 16.0 Å². The van der Waals surface area contributed by atoms with Crippen LogP contribution in [0.25, 0.3) is 0 Å². The molecule has 2 fully saturated rings. The van der Waals surface area contributed by atoms with Crippen LogP contribution >= 0.6 is 0 Å². The standard InChI is InChI=1S/C23H35N3O2/c1-4-24-14-16-26(17-15-24)22(28)23(2,3)21(27)25-12-10-20(11-13-25)18-19-8-6-5-7-9-19/h5-9,20H,4,10-18H2,1-3H3. The van der Waals surface area contributed by atoms with E-state index in [1.807, 2.05) is 15.9 Å². The topological polar surface area (TPSA) is 43.9 Å². The third-order valence-electron chi connectivity index (χ3n) is 6.44. The highest BCUT2D eigenvalue weighted by atomic mass is 16.2. The second-order valence-electron chi connectivity index (χ2n) is 8.78. The van der Waals surface area contributed by atoms with Crippen LogP contribution in [0.3, 0.4) is 0 Å². The van der Waals surface area contributed by atoms with Crippen LogP contribution in [0.5, 0.6) is 0 Å². The van der Waals surface area contributed by atoms with Crippen LogP contribution in [0.15, 0.2) is 30.3 Å². The number of likely N-dealkylation sites (tertiary alicyclic amines) is 1. The number of piperidine rings is 1. The Kier molecular flexibility index (Phi) is 6.76. The first-order valence-corrected chi connectivity index (χ1v) is 10.8. The molecule has 2 aliphatic rings. The Morgan fingerprint density at radius 1 is 0.893 bits per heavy atom. The van der Waals surface area contributed by atoms with Gasteiger partial charge < -0.3 is 14.7 Å². The zero-order valence-electron chi connectivity index (χ0n) is 17.7. The second-order valence-corrected chi connectivity index (χ2v) is 8.78. The fraction of sp³-hybridized carbons (Fsp3) is 0.652. The van der Waals surface area contributed by atoms with Crippen molar-refractivity contribution in [3.05, 3.63) is 35.9 Å². The average molecular weight is 386 g/mol. The SMILES string of the molecule is CCN1CCN(C(=O)C(C)(C)C(=O)N2CCC(Cc3ccccc3)CC2)CC1. The normalized spacial score (nSPS) is 19.7. The lowest BCUT2D eigenvalue weighted by Gasteiger charge is -2.40. The molecular formula is C23H35N3O2. The van der Waals surface area contributed by atoms with Gasteiger partial charge in [-0.1, -0.05) is 37.3 Å².